The van der Waals surface area contributed by atoms with Crippen LogP contribution in [0, 0.1) is 17.1 Å². The average molecular weight is 577 g/mol. The van der Waals surface area contributed by atoms with Crippen molar-refractivity contribution < 1.29 is 19.0 Å². The van der Waals surface area contributed by atoms with Gasteiger partial charge in [0.05, 0.1) is 64.2 Å². The normalized spacial score (nSPS) is 17.9. The summed E-state index contributed by atoms with van der Waals surface area (Å²) < 4.78 is 24.0. The molecular formula is C30H30ClFN6O3. The molecule has 0 aliphatic carbocycles. The molecule has 0 unspecified atom stereocenters. The number of imidazole rings is 1. The zero-order valence-electron chi connectivity index (χ0n) is 22.5. The van der Waals surface area contributed by atoms with Crippen LogP contribution in [0.15, 0.2) is 42.6 Å². The van der Waals surface area contributed by atoms with E-state index in [2.05, 4.69) is 9.47 Å². The first-order chi connectivity index (χ1) is 19.9. The highest BCUT2D eigenvalue weighted by Crippen LogP contribution is 2.28. The number of nitriles is 1. The number of carboxylic acids is 1. The highest BCUT2D eigenvalue weighted by molar-refractivity contribution is 6.31. The summed E-state index contributed by atoms with van der Waals surface area (Å²) in [7, 11) is 0. The number of halogens is 2. The molecule has 4 aromatic rings. The summed E-state index contributed by atoms with van der Waals surface area (Å²) in [6, 6.07) is 11.8. The number of carbonyl (C=O) groups is 1. The molecule has 2 saturated heterocycles. The van der Waals surface area contributed by atoms with Crippen molar-refractivity contribution in [2.45, 2.75) is 57.3 Å². The number of ether oxygens (including phenoxy) is 1. The monoisotopic (exact) mass is 576 g/mol. The van der Waals surface area contributed by atoms with Gasteiger partial charge in [-0.1, -0.05) is 17.7 Å². The summed E-state index contributed by atoms with van der Waals surface area (Å²) in [5.41, 5.74) is 3.45. The molecule has 212 valence electrons. The lowest BCUT2D eigenvalue weighted by Crippen LogP contribution is -2.36. The van der Waals surface area contributed by atoms with Crippen LogP contribution in [-0.4, -0.2) is 61.1 Å². The van der Waals surface area contributed by atoms with Crippen molar-refractivity contribution in [1.82, 2.24) is 24.2 Å². The largest absolute Gasteiger partial charge is 0.478 e. The van der Waals surface area contributed by atoms with Crippen LogP contribution < -0.4 is 0 Å². The lowest BCUT2D eigenvalue weighted by molar-refractivity contribution is -0.0592. The maximum atomic E-state index is 14.3. The molecule has 2 aromatic heterocycles. The average Bonchev–Trinajstić information content (AvgIpc) is 3.49. The number of likely N-dealkylation sites (tertiary alicyclic amines) is 1. The minimum absolute atomic E-state index is 0.123. The number of hydrogen-bond donors (Lipinski definition) is 1. The van der Waals surface area contributed by atoms with Gasteiger partial charge in [0.25, 0.3) is 0 Å². The van der Waals surface area contributed by atoms with Gasteiger partial charge in [0.2, 0.25) is 0 Å². The van der Waals surface area contributed by atoms with Crippen molar-refractivity contribution in [3.63, 3.8) is 0 Å². The number of aromatic nitrogens is 4. The number of benzene rings is 2. The number of hydrogen-bond acceptors (Lipinski definition) is 6. The predicted molar refractivity (Wildman–Crippen MR) is 150 cm³/mol. The van der Waals surface area contributed by atoms with Crippen LogP contribution in [0.2, 0.25) is 5.02 Å². The van der Waals surface area contributed by atoms with Gasteiger partial charge in [0.15, 0.2) is 0 Å². The van der Waals surface area contributed by atoms with E-state index in [4.69, 9.17) is 31.7 Å². The van der Waals surface area contributed by atoms with Crippen molar-refractivity contribution >= 4 is 28.6 Å². The fourth-order valence-corrected chi connectivity index (χ4v) is 5.87. The molecule has 11 heteroatoms. The van der Waals surface area contributed by atoms with E-state index in [1.807, 2.05) is 16.9 Å². The summed E-state index contributed by atoms with van der Waals surface area (Å²) in [6.07, 6.45) is 5.74. The Labute approximate surface area is 241 Å². The zero-order valence-corrected chi connectivity index (χ0v) is 23.2. The van der Waals surface area contributed by atoms with Gasteiger partial charge in [-0.15, -0.1) is 0 Å². The molecule has 2 aromatic carbocycles. The molecule has 0 spiro atoms. The van der Waals surface area contributed by atoms with E-state index in [0.29, 0.717) is 42.1 Å². The van der Waals surface area contributed by atoms with Gasteiger partial charge in [0, 0.05) is 25.9 Å². The third-order valence-corrected chi connectivity index (χ3v) is 8.44. The SMILES string of the molecule is N#Cc1ccc(CCc2nn(C3CCN(Cc4nc5ccc(C(=O)O)cc5n4C[C@@H]4CCO4)CC3)cc2Cl)c(F)c1. The molecule has 2 aliphatic heterocycles. The molecule has 0 radical (unpaired) electrons. The smallest absolute Gasteiger partial charge is 0.335 e. The van der Waals surface area contributed by atoms with Crippen LogP contribution in [0.3, 0.4) is 0 Å². The van der Waals surface area contributed by atoms with Gasteiger partial charge < -0.3 is 14.4 Å². The van der Waals surface area contributed by atoms with Crippen molar-refractivity contribution in [2.24, 2.45) is 0 Å². The first kappa shape index (κ1) is 27.4. The molecule has 1 atom stereocenters. The van der Waals surface area contributed by atoms with Gasteiger partial charge in [-0.2, -0.15) is 10.4 Å². The van der Waals surface area contributed by atoms with Gasteiger partial charge >= 0.3 is 5.97 Å². The van der Waals surface area contributed by atoms with E-state index in [1.54, 1.807) is 30.3 Å². The number of aryl methyl sites for hydroxylation is 2. The second kappa shape index (κ2) is 11.6. The fraction of sp³-hybridized carbons (Fsp3) is 0.400. The maximum Gasteiger partial charge on any atom is 0.335 e. The molecule has 4 heterocycles. The van der Waals surface area contributed by atoms with Crippen LogP contribution in [0.1, 0.15) is 58.3 Å². The molecule has 1 N–H and O–H groups in total. The Hall–Kier alpha value is -3.78. The number of carboxylic acid groups (broad SMARTS) is 1. The minimum Gasteiger partial charge on any atom is -0.478 e. The standard InChI is InChI=1S/C30H30ClFN6O3/c31-24-17-38(35-26(24)5-3-20-2-1-19(15-33)13-25(20)32)22-7-10-36(11-8-22)18-29-34-27-6-4-21(30(39)40)14-28(27)37(29)16-23-9-12-41-23/h1-2,4,6,13-14,17,22-23H,3,5,7-12,16,18H2,(H,39,40)/t23-/m0/s1. The summed E-state index contributed by atoms with van der Waals surface area (Å²) in [6.45, 7) is 3.80. The molecule has 9 nitrogen and oxygen atoms in total. The number of fused-ring (bicyclic) bond motifs is 1. The highest BCUT2D eigenvalue weighted by Gasteiger charge is 2.26. The van der Waals surface area contributed by atoms with Gasteiger partial charge in [-0.25, -0.2) is 14.2 Å². The Bertz CT molecular complexity index is 1630. The highest BCUT2D eigenvalue weighted by atomic mass is 35.5. The second-order valence-electron chi connectivity index (χ2n) is 10.8. The first-order valence-corrected chi connectivity index (χ1v) is 14.2. The Morgan fingerprint density at radius 3 is 2.66 bits per heavy atom. The molecule has 41 heavy (non-hydrogen) atoms. The Morgan fingerprint density at radius 2 is 1.98 bits per heavy atom. The zero-order chi connectivity index (χ0) is 28.5. The topological polar surface area (TPSA) is 109 Å². The fourth-order valence-electron chi connectivity index (χ4n) is 5.64. The van der Waals surface area contributed by atoms with E-state index < -0.39 is 5.97 Å². The number of rotatable bonds is 9. The van der Waals surface area contributed by atoms with E-state index in [1.165, 1.54) is 6.07 Å². The Kier molecular flexibility index (Phi) is 7.75. The summed E-state index contributed by atoms with van der Waals surface area (Å²) in [5, 5.41) is 23.8. The third-order valence-electron chi connectivity index (χ3n) is 8.12. The van der Waals surface area contributed by atoms with E-state index >= 15 is 0 Å². The summed E-state index contributed by atoms with van der Waals surface area (Å²) >= 11 is 6.51. The lowest BCUT2D eigenvalue weighted by atomic mass is 10.1. The molecule has 6 rings (SSSR count). The van der Waals surface area contributed by atoms with Crippen LogP contribution in [0.25, 0.3) is 11.0 Å². The van der Waals surface area contributed by atoms with Crippen LogP contribution >= 0.6 is 11.6 Å². The molecular weight excluding hydrogens is 547 g/mol. The minimum atomic E-state index is -0.952. The number of piperidine rings is 1. The van der Waals surface area contributed by atoms with Crippen molar-refractivity contribution in [3.8, 4) is 6.07 Å². The van der Waals surface area contributed by atoms with Crippen LogP contribution in [0.5, 0.6) is 0 Å². The molecule has 0 bridgehead atoms. The van der Waals surface area contributed by atoms with Gasteiger partial charge in [-0.3, -0.25) is 9.58 Å². The van der Waals surface area contributed by atoms with E-state index in [9.17, 15) is 14.3 Å². The Balaban J connectivity index is 1.10. The quantitative estimate of drug-likeness (QED) is 0.298. The summed E-state index contributed by atoms with van der Waals surface area (Å²) in [5.74, 6) is -0.426. The van der Waals surface area contributed by atoms with Gasteiger partial charge in [-0.05, 0) is 68.0 Å². The van der Waals surface area contributed by atoms with Crippen LogP contribution in [-0.2, 0) is 30.7 Å². The first-order valence-electron chi connectivity index (χ1n) is 13.9. The molecule has 0 saturated carbocycles. The molecule has 0 amide bonds. The van der Waals surface area contributed by atoms with Crippen LogP contribution in [0.4, 0.5) is 4.39 Å². The van der Waals surface area contributed by atoms with Crippen molar-refractivity contribution in [1.29, 1.82) is 5.26 Å². The summed E-state index contributed by atoms with van der Waals surface area (Å²) in [4.78, 5) is 18.8. The number of nitrogens with zero attached hydrogens (tertiary/aromatic N) is 6. The molecule has 2 aliphatic rings. The van der Waals surface area contributed by atoms with E-state index in [-0.39, 0.29) is 23.5 Å². The van der Waals surface area contributed by atoms with Crippen molar-refractivity contribution in [3.05, 3.63) is 81.6 Å². The third kappa shape index (κ3) is 5.84. The lowest BCUT2D eigenvalue weighted by Gasteiger charge is -2.32. The van der Waals surface area contributed by atoms with E-state index in [0.717, 1.165) is 61.5 Å². The maximum absolute atomic E-state index is 14.3. The van der Waals surface area contributed by atoms with Gasteiger partial charge in [0.1, 0.15) is 11.6 Å². The van der Waals surface area contributed by atoms with Crippen molar-refractivity contribution in [2.75, 3.05) is 19.7 Å². The Morgan fingerprint density at radius 1 is 1.17 bits per heavy atom. The number of aromatic carboxylic acids is 1. The molecule has 2 fully saturated rings. The predicted octanol–water partition coefficient (Wildman–Crippen LogP) is 5.01. The second-order valence-corrected chi connectivity index (χ2v) is 11.2.